The molecule has 4 aromatic rings. The van der Waals surface area contributed by atoms with Crippen molar-refractivity contribution in [2.45, 2.75) is 13.8 Å². The van der Waals surface area contributed by atoms with Crippen LogP contribution in [-0.2, 0) is 7.05 Å². The molecule has 29 heavy (non-hydrogen) atoms. The van der Waals surface area contributed by atoms with E-state index in [1.165, 1.54) is 7.05 Å². The standard InChI is InChI=1S/C20H18N6O2S/c1-12-10-14(13(2)26(12)20-21-8-9-29-20)11-22-23-18(27)17-15-6-4-5-7-16(15)19(28)25(3)24-17/h4-11H,1-3H3,(H,23,27)/b22-11-. The van der Waals surface area contributed by atoms with Gasteiger partial charge in [0.25, 0.3) is 11.5 Å². The summed E-state index contributed by atoms with van der Waals surface area (Å²) in [5.41, 5.74) is 5.27. The molecular formula is C20H18N6O2S. The van der Waals surface area contributed by atoms with Crippen molar-refractivity contribution in [3.05, 3.63) is 74.9 Å². The zero-order chi connectivity index (χ0) is 20.5. The van der Waals surface area contributed by atoms with Crippen molar-refractivity contribution in [2.75, 3.05) is 0 Å². The largest absolute Gasteiger partial charge is 0.294 e. The van der Waals surface area contributed by atoms with Crippen LogP contribution in [0.3, 0.4) is 0 Å². The van der Waals surface area contributed by atoms with Gasteiger partial charge in [0.05, 0.1) is 11.6 Å². The Bertz CT molecular complexity index is 1300. The lowest BCUT2D eigenvalue weighted by atomic mass is 10.1. The Balaban J connectivity index is 1.61. The van der Waals surface area contributed by atoms with Crippen LogP contribution in [0.15, 0.2) is 51.8 Å². The zero-order valence-electron chi connectivity index (χ0n) is 16.1. The van der Waals surface area contributed by atoms with E-state index in [0.717, 1.165) is 26.8 Å². The van der Waals surface area contributed by atoms with Crippen LogP contribution in [0.2, 0.25) is 0 Å². The summed E-state index contributed by atoms with van der Waals surface area (Å²) in [7, 11) is 1.52. The summed E-state index contributed by atoms with van der Waals surface area (Å²) in [6.07, 6.45) is 3.35. The van der Waals surface area contributed by atoms with E-state index in [4.69, 9.17) is 0 Å². The van der Waals surface area contributed by atoms with Gasteiger partial charge in [0, 0.05) is 41.0 Å². The van der Waals surface area contributed by atoms with Crippen LogP contribution in [0.25, 0.3) is 15.9 Å². The number of hydrogen-bond acceptors (Lipinski definition) is 6. The quantitative estimate of drug-likeness (QED) is 0.416. The number of aryl methyl sites for hydroxylation is 2. The molecule has 1 amide bonds. The molecule has 3 aromatic heterocycles. The second kappa shape index (κ2) is 7.44. The lowest BCUT2D eigenvalue weighted by molar-refractivity contribution is 0.0950. The van der Waals surface area contributed by atoms with Crippen LogP contribution >= 0.6 is 11.3 Å². The molecular weight excluding hydrogens is 388 g/mol. The Labute approximate surface area is 170 Å². The number of nitrogens with zero attached hydrogens (tertiary/aromatic N) is 5. The number of fused-ring (bicyclic) bond motifs is 1. The number of hydrazone groups is 1. The maximum Gasteiger partial charge on any atom is 0.292 e. The first-order chi connectivity index (χ1) is 14.0. The Hall–Kier alpha value is -3.59. The summed E-state index contributed by atoms with van der Waals surface area (Å²) in [5.74, 6) is -0.484. The second-order valence-electron chi connectivity index (χ2n) is 6.50. The first-order valence-corrected chi connectivity index (χ1v) is 9.73. The van der Waals surface area contributed by atoms with Crippen molar-refractivity contribution in [1.82, 2.24) is 24.8 Å². The predicted molar refractivity (Wildman–Crippen MR) is 113 cm³/mol. The summed E-state index contributed by atoms with van der Waals surface area (Å²) in [6.45, 7) is 3.96. The second-order valence-corrected chi connectivity index (χ2v) is 7.37. The van der Waals surface area contributed by atoms with Crippen LogP contribution in [0.5, 0.6) is 0 Å². The molecule has 0 radical (unpaired) electrons. The average molecular weight is 406 g/mol. The van der Waals surface area contributed by atoms with Gasteiger partial charge in [0.1, 0.15) is 0 Å². The molecule has 0 bridgehead atoms. The molecule has 1 aromatic carbocycles. The number of hydrogen-bond donors (Lipinski definition) is 1. The molecule has 0 atom stereocenters. The maximum atomic E-state index is 12.6. The highest BCUT2D eigenvalue weighted by atomic mass is 32.1. The first kappa shape index (κ1) is 18.8. The molecule has 4 rings (SSSR count). The number of nitrogens with one attached hydrogen (secondary N) is 1. The number of carbonyl (C=O) groups excluding carboxylic acids is 1. The fourth-order valence-corrected chi connectivity index (χ4v) is 3.97. The van der Waals surface area contributed by atoms with Gasteiger partial charge in [-0.15, -0.1) is 11.3 Å². The van der Waals surface area contributed by atoms with Gasteiger partial charge < -0.3 is 0 Å². The highest BCUT2D eigenvalue weighted by molar-refractivity contribution is 7.12. The van der Waals surface area contributed by atoms with E-state index in [2.05, 4.69) is 20.6 Å². The number of benzene rings is 1. The molecule has 0 spiro atoms. The highest BCUT2D eigenvalue weighted by Gasteiger charge is 2.15. The van der Waals surface area contributed by atoms with Crippen molar-refractivity contribution >= 4 is 34.2 Å². The van der Waals surface area contributed by atoms with Gasteiger partial charge in [0.15, 0.2) is 10.8 Å². The smallest absolute Gasteiger partial charge is 0.292 e. The van der Waals surface area contributed by atoms with Crippen molar-refractivity contribution in [1.29, 1.82) is 0 Å². The lowest BCUT2D eigenvalue weighted by Crippen LogP contribution is -2.27. The number of amides is 1. The molecule has 0 aliphatic carbocycles. The number of thiazole rings is 1. The molecule has 8 nitrogen and oxygen atoms in total. The lowest BCUT2D eigenvalue weighted by Gasteiger charge is -2.06. The minimum Gasteiger partial charge on any atom is -0.294 e. The molecule has 0 saturated carbocycles. The summed E-state index contributed by atoms with van der Waals surface area (Å²) < 4.78 is 3.19. The zero-order valence-corrected chi connectivity index (χ0v) is 16.9. The molecule has 3 heterocycles. The molecule has 146 valence electrons. The van der Waals surface area contributed by atoms with Gasteiger partial charge in [-0.05, 0) is 26.0 Å². The van der Waals surface area contributed by atoms with Gasteiger partial charge in [0.2, 0.25) is 0 Å². The third-order valence-corrected chi connectivity index (χ3v) is 5.38. The van der Waals surface area contributed by atoms with Gasteiger partial charge in [-0.25, -0.2) is 15.1 Å². The van der Waals surface area contributed by atoms with Crippen molar-refractivity contribution in [3.63, 3.8) is 0 Å². The molecule has 0 saturated heterocycles. The van der Waals surface area contributed by atoms with Gasteiger partial charge in [-0.2, -0.15) is 10.2 Å². The third-order valence-electron chi connectivity index (χ3n) is 4.62. The van der Waals surface area contributed by atoms with E-state index in [-0.39, 0.29) is 11.3 Å². The maximum absolute atomic E-state index is 12.6. The molecule has 0 aliphatic heterocycles. The third kappa shape index (κ3) is 3.36. The number of rotatable bonds is 4. The van der Waals surface area contributed by atoms with E-state index in [1.807, 2.05) is 29.9 Å². The SMILES string of the molecule is Cc1cc(/C=N\NC(=O)c2nn(C)c(=O)c3ccccc23)c(C)n1-c1nccs1. The van der Waals surface area contributed by atoms with Crippen LogP contribution < -0.4 is 11.0 Å². The van der Waals surface area contributed by atoms with Gasteiger partial charge >= 0.3 is 0 Å². The Morgan fingerprint density at radius 2 is 2.00 bits per heavy atom. The fourth-order valence-electron chi connectivity index (χ4n) is 3.22. The van der Waals surface area contributed by atoms with Crippen molar-refractivity contribution < 1.29 is 4.79 Å². The average Bonchev–Trinajstić information content (AvgIpc) is 3.32. The predicted octanol–water partition coefficient (Wildman–Crippen LogP) is 2.56. The molecule has 0 aliphatic rings. The highest BCUT2D eigenvalue weighted by Crippen LogP contribution is 2.21. The topological polar surface area (TPSA) is 94.2 Å². The van der Waals surface area contributed by atoms with E-state index in [9.17, 15) is 9.59 Å². The van der Waals surface area contributed by atoms with Crippen LogP contribution in [-0.4, -0.2) is 31.5 Å². The van der Waals surface area contributed by atoms with Crippen LogP contribution in [0, 0.1) is 13.8 Å². The minimum absolute atomic E-state index is 0.146. The Morgan fingerprint density at radius 1 is 1.24 bits per heavy atom. The van der Waals surface area contributed by atoms with Crippen LogP contribution in [0.4, 0.5) is 0 Å². The minimum atomic E-state index is -0.484. The summed E-state index contributed by atoms with van der Waals surface area (Å²) in [5, 5.41) is 11.9. The normalized spacial score (nSPS) is 11.4. The summed E-state index contributed by atoms with van der Waals surface area (Å²) >= 11 is 1.55. The number of aromatic nitrogens is 4. The monoisotopic (exact) mass is 406 g/mol. The Kier molecular flexibility index (Phi) is 4.81. The van der Waals surface area contributed by atoms with Crippen LogP contribution in [0.1, 0.15) is 27.4 Å². The van der Waals surface area contributed by atoms with E-state index in [1.54, 1.807) is 48.0 Å². The van der Waals surface area contributed by atoms with E-state index < -0.39 is 5.91 Å². The number of carbonyl (C=O) groups is 1. The van der Waals surface area contributed by atoms with Crippen molar-refractivity contribution in [2.24, 2.45) is 12.1 Å². The molecule has 0 unspecified atom stereocenters. The first-order valence-electron chi connectivity index (χ1n) is 8.85. The fraction of sp³-hybridized carbons (Fsp3) is 0.150. The molecule has 0 fully saturated rings. The Morgan fingerprint density at radius 3 is 2.72 bits per heavy atom. The molecule has 1 N–H and O–H groups in total. The van der Waals surface area contributed by atoms with Gasteiger partial charge in [-0.3, -0.25) is 14.2 Å². The summed E-state index contributed by atoms with van der Waals surface area (Å²) in [6, 6.07) is 8.86. The van der Waals surface area contributed by atoms with Gasteiger partial charge in [-0.1, -0.05) is 18.2 Å². The molecule has 9 heteroatoms. The summed E-state index contributed by atoms with van der Waals surface area (Å²) in [4.78, 5) is 29.2. The van der Waals surface area contributed by atoms with E-state index in [0.29, 0.717) is 10.8 Å². The van der Waals surface area contributed by atoms with E-state index >= 15 is 0 Å². The van der Waals surface area contributed by atoms with Crippen molar-refractivity contribution in [3.8, 4) is 5.13 Å².